The minimum atomic E-state index is -0.415. The third kappa shape index (κ3) is 9.66. The largest absolute Gasteiger partial charge is 0.496 e. The highest BCUT2D eigenvalue weighted by Crippen LogP contribution is 2.35. The van der Waals surface area contributed by atoms with E-state index >= 15 is 0 Å². The average molecular weight is 795 g/mol. The van der Waals surface area contributed by atoms with Gasteiger partial charge in [-0.1, -0.05) is 34.1 Å². The summed E-state index contributed by atoms with van der Waals surface area (Å²) in [4.78, 5) is 27.7. The van der Waals surface area contributed by atoms with Crippen LogP contribution in [0.1, 0.15) is 0 Å². The summed E-state index contributed by atoms with van der Waals surface area (Å²) in [6, 6.07) is 24.4. The number of hydrogen-bond acceptors (Lipinski definition) is 11. The van der Waals surface area contributed by atoms with Crippen molar-refractivity contribution in [1.82, 2.24) is 45.1 Å². The zero-order valence-corrected chi connectivity index (χ0v) is 30.0. The monoisotopic (exact) mass is 793 g/mol. The van der Waals surface area contributed by atoms with Crippen LogP contribution in [0.25, 0.3) is 33.4 Å². The van der Waals surface area contributed by atoms with Crippen LogP contribution in [0.3, 0.4) is 0 Å². The summed E-state index contributed by atoms with van der Waals surface area (Å²) in [5.41, 5.74) is 4.35. The van der Waals surface area contributed by atoms with Crippen molar-refractivity contribution >= 4 is 61.8 Å². The van der Waals surface area contributed by atoms with Crippen molar-refractivity contribution in [2.24, 2.45) is 0 Å². The highest BCUT2D eigenvalue weighted by molar-refractivity contribution is 9.10. The number of aromatic nitrogens is 9. The molecule has 53 heavy (non-hydrogen) atoms. The summed E-state index contributed by atoms with van der Waals surface area (Å²) in [6.07, 6.45) is 11.2. The van der Waals surface area contributed by atoms with Crippen LogP contribution >= 0.6 is 27.5 Å². The molecular weight excluding hydrogens is 768 g/mol. The number of methoxy groups -OCH3 is 1. The van der Waals surface area contributed by atoms with Crippen molar-refractivity contribution in [3.05, 3.63) is 150 Å². The molecular formula is C37H27BrClF2N11O. The van der Waals surface area contributed by atoms with Crippen molar-refractivity contribution in [2.45, 2.75) is 0 Å². The summed E-state index contributed by atoms with van der Waals surface area (Å²) in [5.74, 6) is 0.665. The van der Waals surface area contributed by atoms with E-state index in [2.05, 4.69) is 71.6 Å². The molecule has 0 unspecified atom stereocenters. The first-order valence-corrected chi connectivity index (χ1v) is 16.8. The van der Waals surface area contributed by atoms with Gasteiger partial charge in [0.1, 0.15) is 17.4 Å². The van der Waals surface area contributed by atoms with Crippen molar-refractivity contribution in [3.8, 4) is 28.1 Å². The van der Waals surface area contributed by atoms with Gasteiger partial charge in [0.2, 0.25) is 17.2 Å². The quantitative estimate of drug-likeness (QED) is 0.132. The predicted octanol–water partition coefficient (Wildman–Crippen LogP) is 9.22. The Bertz CT molecular complexity index is 2410. The highest BCUT2D eigenvalue weighted by Gasteiger charge is 2.15. The van der Waals surface area contributed by atoms with E-state index in [9.17, 15) is 8.78 Å². The van der Waals surface area contributed by atoms with Gasteiger partial charge in [-0.05, 0) is 83.9 Å². The first kappa shape index (κ1) is 36.3. The van der Waals surface area contributed by atoms with Gasteiger partial charge in [-0.25, -0.2) is 43.7 Å². The minimum Gasteiger partial charge on any atom is -0.496 e. The Kier molecular flexibility index (Phi) is 12.1. The lowest BCUT2D eigenvalue weighted by Crippen LogP contribution is -1.98. The molecule has 0 saturated carbocycles. The van der Waals surface area contributed by atoms with Gasteiger partial charge in [-0.3, -0.25) is 5.10 Å². The molecule has 264 valence electrons. The standard InChI is InChI=1S/C23H17FN6O.C10H7BrFN3.C4H3ClN2/c1-31-20-6-3-2-5-16(20)21-17-11-15(13-27-22(17)30-29-21)14-7-8-19(18(24)12-14)28-23-25-9-4-10-26-23;11-7-2-3-9(8(12)6-7)15-10-13-4-1-5-14-10;5-4-6-2-1-3-7-4/h2-13H,1H3,(H,25,26,28)(H,27,29,30);1-6H,(H,13,14,15);1-3H. The molecule has 8 rings (SSSR count). The molecule has 5 aromatic heterocycles. The molecule has 5 heterocycles. The van der Waals surface area contributed by atoms with Crippen LogP contribution in [0.2, 0.25) is 5.28 Å². The predicted molar refractivity (Wildman–Crippen MR) is 203 cm³/mol. The summed E-state index contributed by atoms with van der Waals surface area (Å²) in [5, 5.41) is 14.1. The molecule has 0 saturated heterocycles. The van der Waals surface area contributed by atoms with Crippen LogP contribution in [-0.4, -0.2) is 52.2 Å². The SMILES string of the molecule is COc1ccccc1-c1[nH]nc2ncc(-c3ccc(Nc4ncccn4)c(F)c3)cc12.Clc1ncccn1.Fc1cc(Br)ccc1Nc1ncccn1. The fraction of sp³-hybridized carbons (Fsp3) is 0.0270. The number of para-hydroxylation sites is 1. The van der Waals surface area contributed by atoms with Crippen molar-refractivity contribution < 1.29 is 13.5 Å². The first-order chi connectivity index (χ1) is 25.9. The van der Waals surface area contributed by atoms with Gasteiger partial charge in [0.15, 0.2) is 5.65 Å². The smallest absolute Gasteiger partial charge is 0.227 e. The van der Waals surface area contributed by atoms with Crippen molar-refractivity contribution in [2.75, 3.05) is 17.7 Å². The van der Waals surface area contributed by atoms with Gasteiger partial charge in [0, 0.05) is 64.4 Å². The topological polar surface area (TPSA) is 152 Å². The molecule has 12 nitrogen and oxygen atoms in total. The van der Waals surface area contributed by atoms with Gasteiger partial charge < -0.3 is 15.4 Å². The van der Waals surface area contributed by atoms with E-state index in [-0.39, 0.29) is 5.82 Å². The molecule has 0 amide bonds. The maximum absolute atomic E-state index is 14.7. The van der Waals surface area contributed by atoms with Gasteiger partial charge in [0.05, 0.1) is 24.2 Å². The Morgan fingerprint density at radius 2 is 1.25 bits per heavy atom. The second-order valence-corrected chi connectivity index (χ2v) is 11.9. The zero-order chi connectivity index (χ0) is 37.0. The molecule has 0 aliphatic carbocycles. The summed E-state index contributed by atoms with van der Waals surface area (Å²) in [7, 11) is 1.62. The van der Waals surface area contributed by atoms with E-state index in [0.717, 1.165) is 28.0 Å². The lowest BCUT2D eigenvalue weighted by atomic mass is 10.0. The summed E-state index contributed by atoms with van der Waals surface area (Å²) >= 11 is 8.50. The number of H-pyrrole nitrogens is 1. The Balaban J connectivity index is 0.000000179. The Hall–Kier alpha value is -6.45. The van der Waals surface area contributed by atoms with E-state index in [4.69, 9.17) is 16.3 Å². The number of nitrogens with zero attached hydrogens (tertiary/aromatic N) is 8. The van der Waals surface area contributed by atoms with E-state index < -0.39 is 5.82 Å². The molecule has 0 aliphatic heterocycles. The fourth-order valence-electron chi connectivity index (χ4n) is 4.75. The Morgan fingerprint density at radius 3 is 1.81 bits per heavy atom. The minimum absolute atomic E-state index is 0.294. The number of anilines is 4. The van der Waals surface area contributed by atoms with Gasteiger partial charge >= 0.3 is 0 Å². The Morgan fingerprint density at radius 1 is 0.660 bits per heavy atom. The number of pyridine rings is 1. The van der Waals surface area contributed by atoms with Crippen LogP contribution in [0, 0.1) is 11.6 Å². The van der Waals surface area contributed by atoms with Crippen LogP contribution in [0.15, 0.2) is 133 Å². The third-order valence-corrected chi connectivity index (χ3v) is 7.87. The van der Waals surface area contributed by atoms with E-state index in [1.807, 2.05) is 36.4 Å². The van der Waals surface area contributed by atoms with E-state index in [1.165, 1.54) is 12.1 Å². The molecule has 8 aromatic rings. The molecule has 0 bridgehead atoms. The first-order valence-electron chi connectivity index (χ1n) is 15.6. The second-order valence-electron chi connectivity index (χ2n) is 10.6. The van der Waals surface area contributed by atoms with Gasteiger partial charge in [-0.2, -0.15) is 5.10 Å². The fourth-order valence-corrected chi connectivity index (χ4v) is 5.20. The lowest BCUT2D eigenvalue weighted by molar-refractivity contribution is 0.416. The number of aromatic amines is 1. The van der Waals surface area contributed by atoms with Crippen LogP contribution in [0.5, 0.6) is 5.75 Å². The van der Waals surface area contributed by atoms with Gasteiger partial charge in [0.25, 0.3) is 0 Å². The van der Waals surface area contributed by atoms with Crippen molar-refractivity contribution in [1.29, 1.82) is 0 Å². The number of fused-ring (bicyclic) bond motifs is 1. The second kappa shape index (κ2) is 17.7. The highest BCUT2D eigenvalue weighted by atomic mass is 79.9. The van der Waals surface area contributed by atoms with Gasteiger partial charge in [-0.15, -0.1) is 0 Å². The van der Waals surface area contributed by atoms with E-state index in [1.54, 1.807) is 86.9 Å². The number of nitrogens with one attached hydrogen (secondary N) is 3. The number of rotatable bonds is 7. The molecule has 3 N–H and O–H groups in total. The zero-order valence-electron chi connectivity index (χ0n) is 27.6. The molecule has 0 atom stereocenters. The molecule has 0 fully saturated rings. The number of hydrogen-bond donors (Lipinski definition) is 3. The molecule has 0 spiro atoms. The number of ether oxygens (including phenoxy) is 1. The average Bonchev–Trinajstić information content (AvgIpc) is 3.62. The molecule has 0 radical (unpaired) electrons. The van der Waals surface area contributed by atoms with Crippen LogP contribution in [-0.2, 0) is 0 Å². The van der Waals surface area contributed by atoms with Crippen LogP contribution < -0.4 is 15.4 Å². The maximum atomic E-state index is 14.7. The maximum Gasteiger partial charge on any atom is 0.227 e. The van der Waals surface area contributed by atoms with Crippen LogP contribution in [0.4, 0.5) is 32.1 Å². The molecule has 0 aliphatic rings. The number of halogens is 4. The summed E-state index contributed by atoms with van der Waals surface area (Å²) in [6.45, 7) is 0. The molecule has 16 heteroatoms. The molecule has 3 aromatic carbocycles. The van der Waals surface area contributed by atoms with E-state index in [0.29, 0.717) is 44.2 Å². The Labute approximate surface area is 314 Å². The van der Waals surface area contributed by atoms with Crippen molar-refractivity contribution in [3.63, 3.8) is 0 Å². The lowest BCUT2D eigenvalue weighted by Gasteiger charge is -2.09. The third-order valence-electron chi connectivity index (χ3n) is 7.18. The normalized spacial score (nSPS) is 10.4. The number of benzene rings is 3. The summed E-state index contributed by atoms with van der Waals surface area (Å²) < 4.78 is 34.3.